The minimum atomic E-state index is 0.266. The van der Waals surface area contributed by atoms with E-state index in [9.17, 15) is 0 Å². The molecule has 2 atom stereocenters. The SMILES string of the molecule is CNC(C)C(C)c1nc(C2CCCCCC2)no1. The Kier molecular flexibility index (Phi) is 4.75. The molecule has 1 fully saturated rings. The molecule has 0 spiro atoms. The highest BCUT2D eigenvalue weighted by molar-refractivity contribution is 5.01. The topological polar surface area (TPSA) is 51.0 Å². The van der Waals surface area contributed by atoms with Crippen molar-refractivity contribution >= 4 is 0 Å². The van der Waals surface area contributed by atoms with Gasteiger partial charge >= 0.3 is 0 Å². The Morgan fingerprint density at radius 3 is 2.44 bits per heavy atom. The van der Waals surface area contributed by atoms with Crippen molar-refractivity contribution in [1.29, 1.82) is 0 Å². The molecule has 1 aromatic heterocycles. The number of likely N-dealkylation sites (N-methyl/N-ethyl adjacent to an activating group) is 1. The molecule has 4 nitrogen and oxygen atoms in total. The summed E-state index contributed by atoms with van der Waals surface area (Å²) in [6.07, 6.45) is 7.75. The van der Waals surface area contributed by atoms with Crippen LogP contribution in [0.3, 0.4) is 0 Å². The summed E-state index contributed by atoms with van der Waals surface area (Å²) < 4.78 is 5.44. The maximum absolute atomic E-state index is 5.44. The van der Waals surface area contributed by atoms with Crippen molar-refractivity contribution in [1.82, 2.24) is 15.5 Å². The van der Waals surface area contributed by atoms with Crippen LogP contribution in [0.25, 0.3) is 0 Å². The molecule has 1 aliphatic rings. The summed E-state index contributed by atoms with van der Waals surface area (Å²) in [4.78, 5) is 4.63. The molecule has 18 heavy (non-hydrogen) atoms. The third-order valence-electron chi connectivity index (χ3n) is 4.27. The number of nitrogens with one attached hydrogen (secondary N) is 1. The summed E-state index contributed by atoms with van der Waals surface area (Å²) in [5.41, 5.74) is 0. The van der Waals surface area contributed by atoms with Gasteiger partial charge in [-0.2, -0.15) is 4.98 Å². The Labute approximate surface area is 110 Å². The Hall–Kier alpha value is -0.900. The van der Waals surface area contributed by atoms with Crippen LogP contribution in [-0.2, 0) is 0 Å². The van der Waals surface area contributed by atoms with Gasteiger partial charge in [0.05, 0.1) is 5.92 Å². The van der Waals surface area contributed by atoms with Crippen molar-refractivity contribution in [3.05, 3.63) is 11.7 Å². The average Bonchev–Trinajstić information content (AvgIpc) is 2.72. The van der Waals surface area contributed by atoms with Gasteiger partial charge < -0.3 is 9.84 Å². The van der Waals surface area contributed by atoms with Crippen LogP contribution >= 0.6 is 0 Å². The van der Waals surface area contributed by atoms with E-state index in [0.29, 0.717) is 12.0 Å². The molecule has 1 aliphatic carbocycles. The van der Waals surface area contributed by atoms with Crippen LogP contribution in [0.1, 0.15) is 75.9 Å². The number of hydrogen-bond acceptors (Lipinski definition) is 4. The van der Waals surface area contributed by atoms with Gasteiger partial charge in [-0.25, -0.2) is 0 Å². The van der Waals surface area contributed by atoms with Crippen molar-refractivity contribution in [3.8, 4) is 0 Å². The van der Waals surface area contributed by atoms with E-state index < -0.39 is 0 Å². The smallest absolute Gasteiger partial charge is 0.231 e. The van der Waals surface area contributed by atoms with Gasteiger partial charge in [-0.05, 0) is 26.8 Å². The lowest BCUT2D eigenvalue weighted by atomic mass is 9.99. The molecule has 0 bridgehead atoms. The highest BCUT2D eigenvalue weighted by Gasteiger charge is 2.23. The highest BCUT2D eigenvalue weighted by Crippen LogP contribution is 2.30. The van der Waals surface area contributed by atoms with Gasteiger partial charge in [0.1, 0.15) is 0 Å². The largest absolute Gasteiger partial charge is 0.339 e. The molecule has 0 aromatic carbocycles. The van der Waals surface area contributed by atoms with Gasteiger partial charge in [0.25, 0.3) is 0 Å². The van der Waals surface area contributed by atoms with E-state index in [1.165, 1.54) is 38.5 Å². The summed E-state index contributed by atoms with van der Waals surface area (Å²) in [6, 6.07) is 0.354. The first kappa shape index (κ1) is 13.5. The molecule has 0 amide bonds. The third-order valence-corrected chi connectivity index (χ3v) is 4.27. The summed E-state index contributed by atoms with van der Waals surface area (Å²) in [7, 11) is 1.96. The van der Waals surface area contributed by atoms with Crippen LogP contribution < -0.4 is 5.32 Å². The third kappa shape index (κ3) is 3.10. The lowest BCUT2D eigenvalue weighted by Crippen LogP contribution is -2.27. The lowest BCUT2D eigenvalue weighted by Gasteiger charge is -2.14. The Morgan fingerprint density at radius 1 is 1.17 bits per heavy atom. The monoisotopic (exact) mass is 251 g/mol. The molecule has 102 valence electrons. The van der Waals surface area contributed by atoms with Crippen LogP contribution in [0.15, 0.2) is 4.52 Å². The fourth-order valence-corrected chi connectivity index (χ4v) is 2.60. The van der Waals surface area contributed by atoms with Gasteiger partial charge in [-0.3, -0.25) is 0 Å². The minimum absolute atomic E-state index is 0.266. The zero-order valence-electron chi connectivity index (χ0n) is 11.8. The minimum Gasteiger partial charge on any atom is -0.339 e. The zero-order chi connectivity index (χ0) is 13.0. The molecular formula is C14H25N3O. The quantitative estimate of drug-likeness (QED) is 0.835. The van der Waals surface area contributed by atoms with Crippen LogP contribution in [0.5, 0.6) is 0 Å². The second-order valence-electron chi connectivity index (χ2n) is 5.55. The molecule has 1 aromatic rings. The fourth-order valence-electron chi connectivity index (χ4n) is 2.60. The molecule has 4 heteroatoms. The number of hydrogen-bond donors (Lipinski definition) is 1. The number of rotatable bonds is 4. The highest BCUT2D eigenvalue weighted by atomic mass is 16.5. The Bertz CT molecular complexity index is 356. The van der Waals surface area contributed by atoms with Gasteiger partial charge in [0, 0.05) is 12.0 Å². The Balaban J connectivity index is 2.04. The number of aromatic nitrogens is 2. The van der Waals surface area contributed by atoms with Crippen LogP contribution in [-0.4, -0.2) is 23.2 Å². The predicted molar refractivity (Wildman–Crippen MR) is 71.7 cm³/mol. The summed E-state index contributed by atoms with van der Waals surface area (Å²) in [5.74, 6) is 2.49. The normalized spacial score (nSPS) is 21.5. The van der Waals surface area contributed by atoms with E-state index >= 15 is 0 Å². The Morgan fingerprint density at radius 2 is 1.83 bits per heavy atom. The summed E-state index contributed by atoms with van der Waals surface area (Å²) in [5, 5.41) is 7.44. The standard InChI is InChI=1S/C14H25N3O/c1-10(11(2)15-3)14-16-13(17-18-14)12-8-6-4-5-7-9-12/h10-12,15H,4-9H2,1-3H3. The van der Waals surface area contributed by atoms with Crippen LogP contribution in [0.2, 0.25) is 0 Å². The second-order valence-corrected chi connectivity index (χ2v) is 5.55. The first-order chi connectivity index (χ1) is 8.72. The lowest BCUT2D eigenvalue weighted by molar-refractivity contribution is 0.330. The summed E-state index contributed by atoms with van der Waals surface area (Å²) in [6.45, 7) is 4.27. The molecule has 1 saturated carbocycles. The molecule has 1 heterocycles. The van der Waals surface area contributed by atoms with Gasteiger partial charge in [-0.15, -0.1) is 0 Å². The van der Waals surface area contributed by atoms with E-state index in [1.54, 1.807) is 0 Å². The van der Waals surface area contributed by atoms with Crippen LogP contribution in [0.4, 0.5) is 0 Å². The van der Waals surface area contributed by atoms with E-state index in [1.807, 2.05) is 7.05 Å². The maximum Gasteiger partial charge on any atom is 0.231 e. The fraction of sp³-hybridized carbons (Fsp3) is 0.857. The first-order valence-electron chi connectivity index (χ1n) is 7.23. The molecule has 0 saturated heterocycles. The van der Waals surface area contributed by atoms with Crippen molar-refractivity contribution in [2.24, 2.45) is 0 Å². The molecular weight excluding hydrogens is 226 g/mol. The van der Waals surface area contributed by atoms with Crippen LogP contribution in [0, 0.1) is 0 Å². The maximum atomic E-state index is 5.44. The van der Waals surface area contributed by atoms with E-state index in [-0.39, 0.29) is 5.92 Å². The molecule has 0 aliphatic heterocycles. The van der Waals surface area contributed by atoms with E-state index in [4.69, 9.17) is 4.52 Å². The first-order valence-corrected chi connectivity index (χ1v) is 7.23. The van der Waals surface area contributed by atoms with Gasteiger partial charge in [0.15, 0.2) is 5.82 Å². The zero-order valence-corrected chi connectivity index (χ0v) is 11.8. The number of nitrogens with zero attached hydrogens (tertiary/aromatic N) is 2. The van der Waals surface area contributed by atoms with Crippen molar-refractivity contribution < 1.29 is 4.52 Å². The van der Waals surface area contributed by atoms with Crippen molar-refractivity contribution in [3.63, 3.8) is 0 Å². The van der Waals surface area contributed by atoms with E-state index in [0.717, 1.165) is 11.7 Å². The van der Waals surface area contributed by atoms with E-state index in [2.05, 4.69) is 29.3 Å². The second kappa shape index (κ2) is 6.32. The average molecular weight is 251 g/mol. The van der Waals surface area contributed by atoms with Crippen molar-refractivity contribution in [2.75, 3.05) is 7.05 Å². The van der Waals surface area contributed by atoms with Gasteiger partial charge in [0.2, 0.25) is 5.89 Å². The molecule has 1 N–H and O–H groups in total. The van der Waals surface area contributed by atoms with Gasteiger partial charge in [-0.1, -0.05) is 37.8 Å². The molecule has 0 radical (unpaired) electrons. The molecule has 2 rings (SSSR count). The van der Waals surface area contributed by atoms with Crippen molar-refractivity contribution in [2.45, 2.75) is 70.3 Å². The summed E-state index contributed by atoms with van der Waals surface area (Å²) >= 11 is 0. The predicted octanol–water partition coefficient (Wildman–Crippen LogP) is 3.22. The molecule has 2 unspecified atom stereocenters.